The Balaban J connectivity index is 2.35. The van der Waals surface area contributed by atoms with Crippen molar-refractivity contribution in [1.29, 1.82) is 5.26 Å². The van der Waals surface area contributed by atoms with Gasteiger partial charge in [-0.2, -0.15) is 5.26 Å². The molecule has 3 nitrogen and oxygen atoms in total. The van der Waals surface area contributed by atoms with Crippen molar-refractivity contribution in [2.24, 2.45) is 0 Å². The van der Waals surface area contributed by atoms with Gasteiger partial charge in [-0.25, -0.2) is 0 Å². The van der Waals surface area contributed by atoms with Crippen LogP contribution in [0.2, 0.25) is 0 Å². The van der Waals surface area contributed by atoms with Crippen LogP contribution in [0.4, 0.5) is 10.7 Å². The summed E-state index contributed by atoms with van der Waals surface area (Å²) in [6.45, 7) is 2.19. The molecule has 1 aliphatic rings. The van der Waals surface area contributed by atoms with E-state index >= 15 is 0 Å². The Hall–Kier alpha value is -0.860. The maximum atomic E-state index is 9.00. The fourth-order valence-electron chi connectivity index (χ4n) is 2.00. The normalized spacial score (nSPS) is 16.1. The number of thiophene rings is 1. The van der Waals surface area contributed by atoms with Crippen LogP contribution >= 0.6 is 23.1 Å². The van der Waals surface area contributed by atoms with Gasteiger partial charge >= 0.3 is 0 Å². The van der Waals surface area contributed by atoms with Gasteiger partial charge in [0.25, 0.3) is 0 Å². The Morgan fingerprint density at radius 3 is 2.62 bits per heavy atom. The van der Waals surface area contributed by atoms with Gasteiger partial charge < -0.3 is 10.6 Å². The van der Waals surface area contributed by atoms with E-state index in [0.29, 0.717) is 10.6 Å². The molecule has 0 spiro atoms. The van der Waals surface area contributed by atoms with Crippen LogP contribution in [0.15, 0.2) is 4.90 Å². The van der Waals surface area contributed by atoms with Crippen LogP contribution in [-0.4, -0.2) is 19.3 Å². The highest BCUT2D eigenvalue weighted by atomic mass is 32.2. The van der Waals surface area contributed by atoms with Gasteiger partial charge in [-0.05, 0) is 25.5 Å². The zero-order chi connectivity index (χ0) is 11.5. The first kappa shape index (κ1) is 11.6. The van der Waals surface area contributed by atoms with E-state index in [0.717, 1.165) is 18.0 Å². The van der Waals surface area contributed by atoms with E-state index in [4.69, 9.17) is 11.0 Å². The van der Waals surface area contributed by atoms with E-state index in [9.17, 15) is 0 Å². The zero-order valence-electron chi connectivity index (χ0n) is 9.32. The van der Waals surface area contributed by atoms with E-state index in [1.165, 1.54) is 35.6 Å². The Morgan fingerprint density at radius 2 is 2.06 bits per heavy atom. The highest BCUT2D eigenvalue weighted by molar-refractivity contribution is 7.99. The van der Waals surface area contributed by atoms with E-state index in [1.54, 1.807) is 11.8 Å². The van der Waals surface area contributed by atoms with E-state index < -0.39 is 0 Å². The predicted octanol–water partition coefficient (Wildman–Crippen LogP) is 2.91. The highest BCUT2D eigenvalue weighted by Crippen LogP contribution is 2.44. The quantitative estimate of drug-likeness (QED) is 0.823. The number of piperidine rings is 1. The molecule has 2 heterocycles. The van der Waals surface area contributed by atoms with Crippen molar-refractivity contribution in [1.82, 2.24) is 0 Å². The molecule has 2 N–H and O–H groups in total. The second-order valence-corrected chi connectivity index (χ2v) is 5.66. The molecule has 0 unspecified atom stereocenters. The van der Waals surface area contributed by atoms with Gasteiger partial charge in [-0.3, -0.25) is 0 Å². The number of hydrogen-bond donors (Lipinski definition) is 1. The summed E-state index contributed by atoms with van der Waals surface area (Å²) in [6.07, 6.45) is 5.82. The van der Waals surface area contributed by atoms with Crippen molar-refractivity contribution in [3.63, 3.8) is 0 Å². The van der Waals surface area contributed by atoms with Crippen LogP contribution < -0.4 is 10.6 Å². The summed E-state index contributed by atoms with van der Waals surface area (Å²) in [6, 6.07) is 2.18. The fraction of sp³-hybridized carbons (Fsp3) is 0.545. The third-order valence-electron chi connectivity index (χ3n) is 2.83. The molecule has 0 amide bonds. The van der Waals surface area contributed by atoms with Crippen molar-refractivity contribution >= 4 is 33.8 Å². The molecule has 16 heavy (non-hydrogen) atoms. The maximum absolute atomic E-state index is 9.00. The average molecular weight is 253 g/mol. The SMILES string of the molecule is CSc1c(N2CCCCC2)sc(C#N)c1N. The van der Waals surface area contributed by atoms with Gasteiger partial charge in [0.1, 0.15) is 15.9 Å². The summed E-state index contributed by atoms with van der Waals surface area (Å²) in [5.41, 5.74) is 6.64. The van der Waals surface area contributed by atoms with Gasteiger partial charge in [0.15, 0.2) is 0 Å². The minimum atomic E-state index is 0.657. The number of thioether (sulfide) groups is 1. The molecule has 0 aliphatic carbocycles. The van der Waals surface area contributed by atoms with Crippen molar-refractivity contribution in [2.75, 3.05) is 30.0 Å². The van der Waals surface area contributed by atoms with Crippen molar-refractivity contribution in [3.05, 3.63) is 4.88 Å². The third-order valence-corrected chi connectivity index (χ3v) is 4.95. The van der Waals surface area contributed by atoms with Gasteiger partial charge in [0, 0.05) is 13.1 Å². The second kappa shape index (κ2) is 4.98. The molecular formula is C11H15N3S2. The minimum absolute atomic E-state index is 0.657. The molecule has 0 saturated carbocycles. The van der Waals surface area contributed by atoms with Crippen LogP contribution in [0.3, 0.4) is 0 Å². The fourth-order valence-corrected chi connectivity index (χ4v) is 4.03. The van der Waals surface area contributed by atoms with E-state index in [-0.39, 0.29) is 0 Å². The molecule has 1 fully saturated rings. The van der Waals surface area contributed by atoms with Gasteiger partial charge in [0.2, 0.25) is 0 Å². The highest BCUT2D eigenvalue weighted by Gasteiger charge is 2.21. The molecule has 0 bridgehead atoms. The number of anilines is 2. The number of rotatable bonds is 2. The van der Waals surface area contributed by atoms with Crippen LogP contribution in [0.1, 0.15) is 24.1 Å². The van der Waals surface area contributed by atoms with Gasteiger partial charge in [-0.1, -0.05) is 0 Å². The molecule has 1 aliphatic heterocycles. The molecule has 5 heteroatoms. The Kier molecular flexibility index (Phi) is 3.62. The molecule has 0 aromatic carbocycles. The summed E-state index contributed by atoms with van der Waals surface area (Å²) in [7, 11) is 0. The molecule has 1 aromatic heterocycles. The van der Waals surface area contributed by atoms with E-state index in [1.807, 2.05) is 6.26 Å². The number of nitriles is 1. The molecule has 1 saturated heterocycles. The second-order valence-electron chi connectivity index (χ2n) is 3.84. The Labute approximate surface area is 104 Å². The summed E-state index contributed by atoms with van der Waals surface area (Å²) in [5, 5.41) is 10.2. The third kappa shape index (κ3) is 2.00. The molecular weight excluding hydrogens is 238 g/mol. The number of nitrogens with zero attached hydrogens (tertiary/aromatic N) is 2. The van der Waals surface area contributed by atoms with Crippen LogP contribution in [0.5, 0.6) is 0 Å². The van der Waals surface area contributed by atoms with Crippen LogP contribution in [0.25, 0.3) is 0 Å². The van der Waals surface area contributed by atoms with E-state index in [2.05, 4.69) is 11.0 Å². The number of nitrogens with two attached hydrogens (primary N) is 1. The van der Waals surface area contributed by atoms with Gasteiger partial charge in [-0.15, -0.1) is 23.1 Å². The molecule has 0 atom stereocenters. The lowest BCUT2D eigenvalue weighted by atomic mass is 10.1. The lowest BCUT2D eigenvalue weighted by Gasteiger charge is -2.28. The smallest absolute Gasteiger partial charge is 0.131 e. The summed E-state index contributed by atoms with van der Waals surface area (Å²) < 4.78 is 0. The molecule has 86 valence electrons. The summed E-state index contributed by atoms with van der Waals surface area (Å²) in [4.78, 5) is 4.12. The summed E-state index contributed by atoms with van der Waals surface area (Å²) in [5.74, 6) is 0. The van der Waals surface area contributed by atoms with Crippen molar-refractivity contribution in [2.45, 2.75) is 24.2 Å². The molecule has 2 rings (SSSR count). The lowest BCUT2D eigenvalue weighted by Crippen LogP contribution is -2.28. The average Bonchev–Trinajstić information content (AvgIpc) is 2.66. The zero-order valence-corrected chi connectivity index (χ0v) is 11.0. The van der Waals surface area contributed by atoms with Crippen LogP contribution in [0, 0.1) is 11.3 Å². The Morgan fingerprint density at radius 1 is 1.38 bits per heavy atom. The monoisotopic (exact) mass is 253 g/mol. The first-order valence-electron chi connectivity index (χ1n) is 5.39. The maximum Gasteiger partial charge on any atom is 0.131 e. The summed E-state index contributed by atoms with van der Waals surface area (Å²) >= 11 is 3.18. The minimum Gasteiger partial charge on any atom is -0.396 e. The van der Waals surface area contributed by atoms with Crippen molar-refractivity contribution in [3.8, 4) is 6.07 Å². The van der Waals surface area contributed by atoms with Crippen molar-refractivity contribution < 1.29 is 0 Å². The largest absolute Gasteiger partial charge is 0.396 e. The van der Waals surface area contributed by atoms with Gasteiger partial charge in [0.05, 0.1) is 10.6 Å². The standard InChI is InChI=1S/C11H15N3S2/c1-15-10-9(13)8(7-12)16-11(10)14-5-3-2-4-6-14/h2-6,13H2,1H3. The Bertz CT molecular complexity index is 414. The topological polar surface area (TPSA) is 53.0 Å². The first-order chi connectivity index (χ1) is 7.77. The lowest BCUT2D eigenvalue weighted by molar-refractivity contribution is 0.578. The molecule has 1 aromatic rings. The predicted molar refractivity (Wildman–Crippen MR) is 71.3 cm³/mol. The number of hydrogen-bond acceptors (Lipinski definition) is 5. The first-order valence-corrected chi connectivity index (χ1v) is 7.43. The number of nitrogen functional groups attached to an aromatic ring is 1. The van der Waals surface area contributed by atoms with Crippen LogP contribution in [-0.2, 0) is 0 Å². The molecule has 0 radical (unpaired) electrons.